The number of nitrogens with two attached hydrogens (primary N) is 1. The molecule has 0 atom stereocenters. The summed E-state index contributed by atoms with van der Waals surface area (Å²) in [6, 6.07) is 1.59. The Labute approximate surface area is 78.5 Å². The lowest BCUT2D eigenvalue weighted by Gasteiger charge is -2.01. The van der Waals surface area contributed by atoms with Crippen molar-refractivity contribution < 1.29 is 18.7 Å². The van der Waals surface area contributed by atoms with Gasteiger partial charge in [-0.25, -0.2) is 13.6 Å². The zero-order valence-electron chi connectivity index (χ0n) is 7.00. The van der Waals surface area contributed by atoms with Gasteiger partial charge in [-0.15, -0.1) is 0 Å². The molecule has 0 aromatic heterocycles. The van der Waals surface area contributed by atoms with Gasteiger partial charge in [-0.2, -0.15) is 0 Å². The average molecular weight is 199 g/mol. The number of anilines is 1. The number of carboxylic acids is 1. The van der Waals surface area contributed by atoms with Gasteiger partial charge in [0.1, 0.15) is 11.6 Å². The molecule has 3 nitrogen and oxygen atoms in total. The first-order valence-corrected chi connectivity index (χ1v) is 3.66. The number of aliphatic carboxylic acids is 1. The van der Waals surface area contributed by atoms with Gasteiger partial charge in [-0.05, 0) is 12.1 Å². The van der Waals surface area contributed by atoms with Crippen LogP contribution in [0.25, 0.3) is 6.08 Å². The number of nitrogen functional groups attached to an aromatic ring is 1. The Morgan fingerprint density at radius 1 is 1.43 bits per heavy atom. The van der Waals surface area contributed by atoms with E-state index in [2.05, 4.69) is 0 Å². The second-order valence-electron chi connectivity index (χ2n) is 2.56. The molecule has 0 radical (unpaired) electrons. The summed E-state index contributed by atoms with van der Waals surface area (Å²) in [6.45, 7) is 0. The van der Waals surface area contributed by atoms with Gasteiger partial charge < -0.3 is 10.8 Å². The third kappa shape index (κ3) is 2.29. The summed E-state index contributed by atoms with van der Waals surface area (Å²) >= 11 is 0. The molecule has 0 saturated carbocycles. The molecule has 0 amide bonds. The highest BCUT2D eigenvalue weighted by Crippen LogP contribution is 2.19. The molecular formula is C9H7F2NO2. The fourth-order valence-corrected chi connectivity index (χ4v) is 0.904. The number of hydrogen-bond acceptors (Lipinski definition) is 2. The lowest BCUT2D eigenvalue weighted by Crippen LogP contribution is -1.96. The standard InChI is InChI=1S/C9H7F2NO2/c10-6-3-5(1-2-8(13)14)9(12)7(11)4-6/h1-4H,12H2,(H,13,14). The molecule has 1 aromatic carbocycles. The highest BCUT2D eigenvalue weighted by Gasteiger charge is 2.05. The van der Waals surface area contributed by atoms with Gasteiger partial charge in [-0.3, -0.25) is 0 Å². The van der Waals surface area contributed by atoms with E-state index in [1.165, 1.54) is 0 Å². The summed E-state index contributed by atoms with van der Waals surface area (Å²) in [7, 11) is 0. The van der Waals surface area contributed by atoms with E-state index >= 15 is 0 Å². The van der Waals surface area contributed by atoms with Crippen LogP contribution in [0.3, 0.4) is 0 Å². The fourth-order valence-electron chi connectivity index (χ4n) is 0.904. The molecule has 1 rings (SSSR count). The molecule has 1 aromatic rings. The maximum Gasteiger partial charge on any atom is 0.328 e. The molecule has 0 saturated heterocycles. The molecule has 0 aliphatic rings. The van der Waals surface area contributed by atoms with Crippen molar-refractivity contribution in [3.8, 4) is 0 Å². The van der Waals surface area contributed by atoms with Gasteiger partial charge in [0, 0.05) is 17.7 Å². The summed E-state index contributed by atoms with van der Waals surface area (Å²) in [5, 5.41) is 8.29. The second-order valence-corrected chi connectivity index (χ2v) is 2.56. The maximum absolute atomic E-state index is 12.8. The van der Waals surface area contributed by atoms with E-state index < -0.39 is 17.6 Å². The SMILES string of the molecule is Nc1c(F)cc(F)cc1C=CC(=O)O. The van der Waals surface area contributed by atoms with Gasteiger partial charge in [-0.1, -0.05) is 0 Å². The van der Waals surface area contributed by atoms with E-state index in [1.807, 2.05) is 0 Å². The molecule has 0 unspecified atom stereocenters. The molecule has 5 heteroatoms. The number of carboxylic acid groups (broad SMARTS) is 1. The van der Waals surface area contributed by atoms with Gasteiger partial charge in [0.05, 0.1) is 5.69 Å². The van der Waals surface area contributed by atoms with Crippen molar-refractivity contribution in [2.45, 2.75) is 0 Å². The monoisotopic (exact) mass is 199 g/mol. The van der Waals surface area contributed by atoms with Crippen LogP contribution < -0.4 is 5.73 Å². The highest BCUT2D eigenvalue weighted by atomic mass is 19.1. The van der Waals surface area contributed by atoms with Crippen LogP contribution in [0.2, 0.25) is 0 Å². The summed E-state index contributed by atoms with van der Waals surface area (Å²) in [4.78, 5) is 10.1. The van der Waals surface area contributed by atoms with Crippen LogP contribution >= 0.6 is 0 Å². The molecule has 0 aliphatic heterocycles. The lowest BCUT2D eigenvalue weighted by molar-refractivity contribution is -0.131. The Kier molecular flexibility index (Phi) is 2.81. The summed E-state index contributed by atoms with van der Waals surface area (Å²) in [5.74, 6) is -2.93. The van der Waals surface area contributed by atoms with E-state index in [-0.39, 0.29) is 11.3 Å². The zero-order valence-corrected chi connectivity index (χ0v) is 7.00. The minimum atomic E-state index is -1.21. The number of rotatable bonds is 2. The topological polar surface area (TPSA) is 63.3 Å². The van der Waals surface area contributed by atoms with Crippen molar-refractivity contribution >= 4 is 17.7 Å². The van der Waals surface area contributed by atoms with Crippen molar-refractivity contribution in [3.63, 3.8) is 0 Å². The van der Waals surface area contributed by atoms with Crippen molar-refractivity contribution in [1.29, 1.82) is 0 Å². The molecule has 74 valence electrons. The third-order valence-corrected chi connectivity index (χ3v) is 1.53. The zero-order chi connectivity index (χ0) is 10.7. The number of benzene rings is 1. The summed E-state index contributed by atoms with van der Waals surface area (Å²) in [5.41, 5.74) is 4.98. The first-order valence-electron chi connectivity index (χ1n) is 3.66. The first kappa shape index (κ1) is 10.2. The second kappa shape index (κ2) is 3.87. The Bertz CT molecular complexity index is 402. The van der Waals surface area contributed by atoms with Crippen molar-refractivity contribution in [2.24, 2.45) is 0 Å². The highest BCUT2D eigenvalue weighted by molar-refractivity contribution is 5.86. The molecule has 0 bridgehead atoms. The normalized spacial score (nSPS) is 10.7. The predicted molar refractivity (Wildman–Crippen MR) is 47.4 cm³/mol. The Morgan fingerprint density at radius 3 is 2.64 bits per heavy atom. The van der Waals surface area contributed by atoms with Gasteiger partial charge in [0.25, 0.3) is 0 Å². The number of carbonyl (C=O) groups is 1. The predicted octanol–water partition coefficient (Wildman–Crippen LogP) is 1.64. The van der Waals surface area contributed by atoms with Crippen molar-refractivity contribution in [1.82, 2.24) is 0 Å². The molecular weight excluding hydrogens is 192 g/mol. The van der Waals surface area contributed by atoms with E-state index in [0.29, 0.717) is 6.07 Å². The van der Waals surface area contributed by atoms with E-state index in [0.717, 1.165) is 18.2 Å². The molecule has 0 aliphatic carbocycles. The lowest BCUT2D eigenvalue weighted by atomic mass is 10.1. The molecule has 0 fully saturated rings. The Morgan fingerprint density at radius 2 is 2.07 bits per heavy atom. The fraction of sp³-hybridized carbons (Fsp3) is 0. The van der Waals surface area contributed by atoms with Crippen LogP contribution in [0.4, 0.5) is 14.5 Å². The summed E-state index contributed by atoms with van der Waals surface area (Å²) in [6.07, 6.45) is 1.79. The van der Waals surface area contributed by atoms with Crippen LogP contribution in [0.15, 0.2) is 18.2 Å². The van der Waals surface area contributed by atoms with E-state index in [1.54, 1.807) is 0 Å². The molecule has 0 heterocycles. The van der Waals surface area contributed by atoms with Gasteiger partial charge in [0.15, 0.2) is 0 Å². The Balaban J connectivity index is 3.14. The van der Waals surface area contributed by atoms with Gasteiger partial charge >= 0.3 is 5.97 Å². The van der Waals surface area contributed by atoms with E-state index in [9.17, 15) is 13.6 Å². The maximum atomic E-state index is 12.8. The van der Waals surface area contributed by atoms with Crippen LogP contribution in [0.1, 0.15) is 5.56 Å². The quantitative estimate of drug-likeness (QED) is 0.562. The molecule has 3 N–H and O–H groups in total. The van der Waals surface area contributed by atoms with Crippen molar-refractivity contribution in [3.05, 3.63) is 35.4 Å². The summed E-state index contributed by atoms with van der Waals surface area (Å²) < 4.78 is 25.5. The molecule has 14 heavy (non-hydrogen) atoms. The minimum Gasteiger partial charge on any atom is -0.478 e. The average Bonchev–Trinajstić information content (AvgIpc) is 2.08. The largest absolute Gasteiger partial charge is 0.478 e. The van der Waals surface area contributed by atoms with Crippen LogP contribution in [0, 0.1) is 11.6 Å². The minimum absolute atomic E-state index is 0.00454. The van der Waals surface area contributed by atoms with Crippen molar-refractivity contribution in [2.75, 3.05) is 5.73 Å². The van der Waals surface area contributed by atoms with Gasteiger partial charge in [0.2, 0.25) is 0 Å². The first-order chi connectivity index (χ1) is 6.50. The van der Waals surface area contributed by atoms with Crippen LogP contribution in [-0.2, 0) is 4.79 Å². The number of hydrogen-bond donors (Lipinski definition) is 2. The third-order valence-electron chi connectivity index (χ3n) is 1.53. The molecule has 0 spiro atoms. The number of halogens is 2. The Hall–Kier alpha value is -1.91. The van der Waals surface area contributed by atoms with E-state index in [4.69, 9.17) is 10.8 Å². The smallest absolute Gasteiger partial charge is 0.328 e. The van der Waals surface area contributed by atoms with Crippen LogP contribution in [0.5, 0.6) is 0 Å². The van der Waals surface area contributed by atoms with Crippen LogP contribution in [-0.4, -0.2) is 11.1 Å².